The van der Waals surface area contributed by atoms with Crippen molar-refractivity contribution < 1.29 is 23.0 Å². The fourth-order valence-corrected chi connectivity index (χ4v) is 5.45. The maximum absolute atomic E-state index is 12.9. The summed E-state index contributed by atoms with van der Waals surface area (Å²) in [6.45, 7) is 8.85. The summed E-state index contributed by atoms with van der Waals surface area (Å²) in [5.74, 6) is 1.78. The summed E-state index contributed by atoms with van der Waals surface area (Å²) in [6, 6.07) is 8.24. The first kappa shape index (κ1) is 23.3. The number of allylic oxidation sites excluding steroid dienone is 3. The zero-order valence-electron chi connectivity index (χ0n) is 19.0. The minimum absolute atomic E-state index is 0.0649. The summed E-state index contributed by atoms with van der Waals surface area (Å²) in [7, 11) is 3.21. The molecular formula is C26H29NO5S. The highest BCUT2D eigenvalue weighted by Gasteiger charge is 2.35. The number of hydrogen-bond acceptors (Lipinski definition) is 6. The number of aliphatic hydroxyl groups excluding tert-OH is 1. The third-order valence-corrected chi connectivity index (χ3v) is 7.34. The van der Waals surface area contributed by atoms with Crippen LogP contribution in [0.4, 0.5) is 0 Å². The molecule has 7 heteroatoms. The number of methoxy groups -OCH3 is 2. The van der Waals surface area contributed by atoms with E-state index in [1.165, 1.54) is 17.2 Å². The quantitative estimate of drug-likeness (QED) is 0.589. The Morgan fingerprint density at radius 2 is 2.00 bits per heavy atom. The number of fused-ring (bicyclic) bond motifs is 4. The lowest BCUT2D eigenvalue weighted by atomic mass is 9.83. The second kappa shape index (κ2) is 9.95. The highest BCUT2D eigenvalue weighted by atomic mass is 32.2. The number of aliphatic hydroxyl groups is 1. The molecular weight excluding hydrogens is 438 g/mol. The number of ether oxygens (including phenoxy) is 2. The van der Waals surface area contributed by atoms with E-state index in [-0.39, 0.29) is 12.6 Å². The third-order valence-electron chi connectivity index (χ3n) is 6.33. The van der Waals surface area contributed by atoms with Crippen LogP contribution in [0.2, 0.25) is 0 Å². The Bertz CT molecular complexity index is 1140. The predicted octanol–water partition coefficient (Wildman–Crippen LogP) is 4.15. The molecule has 2 atom stereocenters. The largest absolute Gasteiger partial charge is 0.496 e. The highest BCUT2D eigenvalue weighted by Crippen LogP contribution is 2.45. The van der Waals surface area contributed by atoms with Crippen molar-refractivity contribution in [2.75, 3.05) is 20.8 Å². The molecule has 2 aliphatic heterocycles. The molecule has 2 aliphatic rings. The highest BCUT2D eigenvalue weighted by molar-refractivity contribution is 7.84. The molecule has 6 nitrogen and oxygen atoms in total. The van der Waals surface area contributed by atoms with Crippen molar-refractivity contribution in [1.29, 1.82) is 0 Å². The topological polar surface area (TPSA) is 68.2 Å². The van der Waals surface area contributed by atoms with Crippen molar-refractivity contribution >= 4 is 11.1 Å². The molecule has 0 fully saturated rings. The van der Waals surface area contributed by atoms with Gasteiger partial charge in [-0.15, -0.1) is 0 Å². The van der Waals surface area contributed by atoms with E-state index in [4.69, 9.17) is 13.7 Å². The van der Waals surface area contributed by atoms with Gasteiger partial charge in [0.15, 0.2) is 11.5 Å². The lowest BCUT2D eigenvalue weighted by Crippen LogP contribution is -2.39. The summed E-state index contributed by atoms with van der Waals surface area (Å²) in [5, 5.41) is 9.82. The molecule has 1 N–H and O–H groups in total. The standard InChI is InChI=1S/C26H29NO5S/c1-5-7-20(6-2)33(29)32-26-22-15-27-11-10-18-14-25(31-4)19(16-28)12-21(18)23(27)13-17(22)8-9-24(26)30-3/h5-9,12,14,23,28H,1-2,10-11,13,15-16H2,3-4H3/b20-7+. The first-order chi connectivity index (χ1) is 16.0. The molecule has 0 radical (unpaired) electrons. The van der Waals surface area contributed by atoms with Gasteiger partial charge in [0.25, 0.3) is 0 Å². The van der Waals surface area contributed by atoms with Gasteiger partial charge in [0.2, 0.25) is 11.1 Å². The zero-order chi connectivity index (χ0) is 23.5. The van der Waals surface area contributed by atoms with E-state index in [9.17, 15) is 9.32 Å². The normalized spacial score (nSPS) is 18.4. The van der Waals surface area contributed by atoms with Gasteiger partial charge in [0, 0.05) is 30.3 Å². The molecule has 174 valence electrons. The van der Waals surface area contributed by atoms with Gasteiger partial charge in [0.1, 0.15) is 5.75 Å². The number of benzene rings is 2. The summed E-state index contributed by atoms with van der Waals surface area (Å²) in [6.07, 6.45) is 6.35. The summed E-state index contributed by atoms with van der Waals surface area (Å²) < 4.78 is 29.8. The number of rotatable bonds is 8. The first-order valence-corrected chi connectivity index (χ1v) is 11.9. The molecule has 0 saturated carbocycles. The molecule has 4 rings (SSSR count). The van der Waals surface area contributed by atoms with Crippen LogP contribution < -0.4 is 13.7 Å². The van der Waals surface area contributed by atoms with E-state index in [1.54, 1.807) is 26.4 Å². The van der Waals surface area contributed by atoms with Gasteiger partial charge in [-0.05, 0) is 59.9 Å². The lowest BCUT2D eigenvalue weighted by Gasteiger charge is -2.42. The van der Waals surface area contributed by atoms with Gasteiger partial charge < -0.3 is 18.8 Å². The van der Waals surface area contributed by atoms with E-state index in [1.807, 2.05) is 6.07 Å². The van der Waals surface area contributed by atoms with Crippen molar-refractivity contribution in [2.24, 2.45) is 0 Å². The third kappa shape index (κ3) is 4.36. The zero-order valence-corrected chi connectivity index (χ0v) is 19.8. The SMILES string of the molecule is C=C/C=C(\C=C)S(=O)Oc1c(OC)ccc2c1CN1CCc3cc(OC)c(CO)cc3C1C2. The van der Waals surface area contributed by atoms with Gasteiger partial charge >= 0.3 is 0 Å². The van der Waals surface area contributed by atoms with E-state index in [0.29, 0.717) is 22.9 Å². The van der Waals surface area contributed by atoms with Crippen LogP contribution in [0.25, 0.3) is 0 Å². The molecule has 0 amide bonds. The Hall–Kier alpha value is -2.87. The van der Waals surface area contributed by atoms with E-state index >= 15 is 0 Å². The Morgan fingerprint density at radius 1 is 1.21 bits per heavy atom. The van der Waals surface area contributed by atoms with Crippen LogP contribution in [0, 0.1) is 0 Å². The van der Waals surface area contributed by atoms with Crippen LogP contribution in [0.5, 0.6) is 17.2 Å². The summed E-state index contributed by atoms with van der Waals surface area (Å²) in [4.78, 5) is 2.84. The van der Waals surface area contributed by atoms with Crippen LogP contribution in [0.15, 0.2) is 60.6 Å². The van der Waals surface area contributed by atoms with E-state index < -0.39 is 11.1 Å². The maximum atomic E-state index is 12.9. The fraction of sp³-hybridized carbons (Fsp3) is 0.308. The molecule has 2 heterocycles. The van der Waals surface area contributed by atoms with Crippen molar-refractivity contribution in [1.82, 2.24) is 4.90 Å². The molecule has 2 aromatic carbocycles. The van der Waals surface area contributed by atoms with Gasteiger partial charge in [-0.2, -0.15) is 0 Å². The van der Waals surface area contributed by atoms with Crippen molar-refractivity contribution in [3.8, 4) is 17.2 Å². The number of nitrogens with zero attached hydrogens (tertiary/aromatic N) is 1. The molecule has 0 saturated heterocycles. The van der Waals surface area contributed by atoms with Crippen LogP contribution in [-0.2, 0) is 37.1 Å². The second-order valence-corrected chi connectivity index (χ2v) is 9.13. The predicted molar refractivity (Wildman–Crippen MR) is 130 cm³/mol. The van der Waals surface area contributed by atoms with Gasteiger partial charge in [-0.25, -0.2) is 4.21 Å². The summed E-state index contributed by atoms with van der Waals surface area (Å²) >= 11 is -1.74. The molecule has 0 spiro atoms. The fourth-order valence-electron chi connectivity index (χ4n) is 4.68. The van der Waals surface area contributed by atoms with Gasteiger partial charge in [-0.1, -0.05) is 25.3 Å². The van der Waals surface area contributed by atoms with Crippen molar-refractivity contribution in [2.45, 2.75) is 32.0 Å². The minimum atomic E-state index is -1.74. The van der Waals surface area contributed by atoms with Crippen LogP contribution in [0.3, 0.4) is 0 Å². The Kier molecular flexibility index (Phi) is 7.02. The molecule has 0 aliphatic carbocycles. The lowest BCUT2D eigenvalue weighted by molar-refractivity contribution is 0.158. The van der Waals surface area contributed by atoms with Crippen molar-refractivity contribution in [3.63, 3.8) is 0 Å². The van der Waals surface area contributed by atoms with Gasteiger partial charge in [0.05, 0.1) is 25.7 Å². The molecule has 2 unspecified atom stereocenters. The Morgan fingerprint density at radius 3 is 2.67 bits per heavy atom. The average Bonchev–Trinajstić information content (AvgIpc) is 2.85. The second-order valence-electron chi connectivity index (χ2n) is 8.02. The molecule has 33 heavy (non-hydrogen) atoms. The average molecular weight is 468 g/mol. The van der Waals surface area contributed by atoms with E-state index in [0.717, 1.165) is 41.8 Å². The first-order valence-electron chi connectivity index (χ1n) is 10.8. The van der Waals surface area contributed by atoms with Crippen molar-refractivity contribution in [3.05, 3.63) is 88.4 Å². The molecule has 0 aromatic heterocycles. The monoisotopic (exact) mass is 467 g/mol. The Labute approximate surface area is 197 Å². The number of hydrogen-bond donors (Lipinski definition) is 1. The van der Waals surface area contributed by atoms with E-state index in [2.05, 4.69) is 36.3 Å². The Balaban J connectivity index is 1.72. The molecule has 0 bridgehead atoms. The van der Waals surface area contributed by atoms with Crippen LogP contribution in [-0.4, -0.2) is 35.0 Å². The van der Waals surface area contributed by atoms with Crippen LogP contribution in [0.1, 0.15) is 33.9 Å². The summed E-state index contributed by atoms with van der Waals surface area (Å²) in [5.41, 5.74) is 5.39. The molecule has 2 aromatic rings. The smallest absolute Gasteiger partial charge is 0.240 e. The maximum Gasteiger partial charge on any atom is 0.240 e. The minimum Gasteiger partial charge on any atom is -0.496 e. The van der Waals surface area contributed by atoms with Crippen LogP contribution >= 0.6 is 0 Å². The van der Waals surface area contributed by atoms with Gasteiger partial charge in [-0.3, -0.25) is 4.90 Å².